The average molecular weight is 331 g/mol. The molecule has 0 aliphatic carbocycles. The number of halogens is 2. The standard InChI is InChI=1S/C16H11F2N3O3/c17-11-6-5-9(7-12(11)18)19-14(22)8-21-15(23)10-3-1-2-4-13(10)20-16(21)24/h1-7H,8H2,(H,19,22)(H,20,24). The van der Waals surface area contributed by atoms with Gasteiger partial charge in [0.1, 0.15) is 6.54 Å². The topological polar surface area (TPSA) is 84.0 Å². The fourth-order valence-corrected chi connectivity index (χ4v) is 2.26. The summed E-state index contributed by atoms with van der Waals surface area (Å²) in [5.41, 5.74) is -0.970. The number of aromatic nitrogens is 2. The van der Waals surface area contributed by atoms with Crippen molar-refractivity contribution in [3.8, 4) is 0 Å². The zero-order chi connectivity index (χ0) is 17.3. The minimum Gasteiger partial charge on any atom is -0.324 e. The predicted octanol–water partition coefficient (Wildman–Crippen LogP) is 1.61. The molecule has 6 nitrogen and oxygen atoms in total. The van der Waals surface area contributed by atoms with Crippen LogP contribution in [0.5, 0.6) is 0 Å². The Balaban J connectivity index is 1.89. The first-order valence-corrected chi connectivity index (χ1v) is 6.92. The highest BCUT2D eigenvalue weighted by molar-refractivity contribution is 5.90. The molecule has 0 aliphatic heterocycles. The molecule has 8 heteroatoms. The molecule has 3 rings (SSSR count). The first-order chi connectivity index (χ1) is 11.5. The molecule has 0 radical (unpaired) electrons. The maximum absolute atomic E-state index is 13.1. The molecule has 2 aromatic carbocycles. The quantitative estimate of drug-likeness (QED) is 0.765. The average Bonchev–Trinajstić information content (AvgIpc) is 2.55. The minimum absolute atomic E-state index is 0.0177. The van der Waals surface area contributed by atoms with Crippen LogP contribution < -0.4 is 16.6 Å². The number of H-pyrrole nitrogens is 1. The molecule has 0 bridgehead atoms. The Kier molecular flexibility index (Phi) is 3.95. The fourth-order valence-electron chi connectivity index (χ4n) is 2.26. The van der Waals surface area contributed by atoms with Gasteiger partial charge in [-0.3, -0.25) is 14.2 Å². The van der Waals surface area contributed by atoms with Crippen LogP contribution in [0.2, 0.25) is 0 Å². The maximum atomic E-state index is 13.1. The van der Waals surface area contributed by atoms with Gasteiger partial charge in [-0.15, -0.1) is 0 Å². The van der Waals surface area contributed by atoms with Crippen molar-refractivity contribution in [2.45, 2.75) is 6.54 Å². The lowest BCUT2D eigenvalue weighted by Crippen LogP contribution is -2.38. The summed E-state index contributed by atoms with van der Waals surface area (Å²) in [7, 11) is 0. The van der Waals surface area contributed by atoms with Gasteiger partial charge in [-0.05, 0) is 24.3 Å². The Morgan fingerprint density at radius 2 is 1.83 bits per heavy atom. The van der Waals surface area contributed by atoms with Crippen LogP contribution in [-0.2, 0) is 11.3 Å². The molecule has 0 saturated heterocycles. The second kappa shape index (κ2) is 6.07. The van der Waals surface area contributed by atoms with Gasteiger partial charge in [-0.25, -0.2) is 13.6 Å². The number of aromatic amines is 1. The smallest absolute Gasteiger partial charge is 0.324 e. The van der Waals surface area contributed by atoms with E-state index in [9.17, 15) is 23.2 Å². The second-order valence-corrected chi connectivity index (χ2v) is 5.04. The monoisotopic (exact) mass is 331 g/mol. The lowest BCUT2D eigenvalue weighted by atomic mass is 10.2. The highest BCUT2D eigenvalue weighted by Gasteiger charge is 2.12. The molecule has 1 heterocycles. The summed E-state index contributed by atoms with van der Waals surface area (Å²) in [5, 5.41) is 2.56. The van der Waals surface area contributed by atoms with Gasteiger partial charge in [0.2, 0.25) is 5.91 Å². The number of para-hydroxylation sites is 1. The van der Waals surface area contributed by atoms with Crippen LogP contribution in [0.4, 0.5) is 14.5 Å². The predicted molar refractivity (Wildman–Crippen MR) is 83.8 cm³/mol. The van der Waals surface area contributed by atoms with Crippen molar-refractivity contribution in [1.82, 2.24) is 9.55 Å². The largest absolute Gasteiger partial charge is 0.329 e. The van der Waals surface area contributed by atoms with Gasteiger partial charge in [0.25, 0.3) is 5.56 Å². The Morgan fingerprint density at radius 1 is 1.08 bits per heavy atom. The molecule has 0 unspecified atom stereocenters. The van der Waals surface area contributed by atoms with E-state index >= 15 is 0 Å². The van der Waals surface area contributed by atoms with Crippen LogP contribution in [-0.4, -0.2) is 15.5 Å². The van der Waals surface area contributed by atoms with E-state index in [1.807, 2.05) is 0 Å². The first-order valence-electron chi connectivity index (χ1n) is 6.92. The molecule has 0 aliphatic rings. The van der Waals surface area contributed by atoms with Crippen LogP contribution in [0.15, 0.2) is 52.1 Å². The third-order valence-corrected chi connectivity index (χ3v) is 3.39. The zero-order valence-corrected chi connectivity index (χ0v) is 12.2. The molecule has 0 atom stereocenters. The number of nitrogens with zero attached hydrogens (tertiary/aromatic N) is 1. The number of hydrogen-bond donors (Lipinski definition) is 2. The number of fused-ring (bicyclic) bond motifs is 1. The van der Waals surface area contributed by atoms with Crippen molar-refractivity contribution in [1.29, 1.82) is 0 Å². The van der Waals surface area contributed by atoms with E-state index in [2.05, 4.69) is 10.3 Å². The van der Waals surface area contributed by atoms with Crippen LogP contribution >= 0.6 is 0 Å². The summed E-state index contributed by atoms with van der Waals surface area (Å²) >= 11 is 0. The number of amides is 1. The zero-order valence-electron chi connectivity index (χ0n) is 12.2. The second-order valence-electron chi connectivity index (χ2n) is 5.04. The van der Waals surface area contributed by atoms with E-state index in [4.69, 9.17) is 0 Å². The SMILES string of the molecule is O=C(Cn1c(=O)[nH]c2ccccc2c1=O)Nc1ccc(F)c(F)c1. The van der Waals surface area contributed by atoms with E-state index < -0.39 is 35.3 Å². The van der Waals surface area contributed by atoms with Gasteiger partial charge in [0.15, 0.2) is 11.6 Å². The normalized spacial score (nSPS) is 10.8. The lowest BCUT2D eigenvalue weighted by molar-refractivity contribution is -0.116. The van der Waals surface area contributed by atoms with E-state index in [-0.39, 0.29) is 11.1 Å². The number of hydrogen-bond acceptors (Lipinski definition) is 3. The molecule has 0 spiro atoms. The number of nitrogens with one attached hydrogen (secondary N) is 2. The maximum Gasteiger partial charge on any atom is 0.329 e. The van der Waals surface area contributed by atoms with Gasteiger partial charge in [-0.2, -0.15) is 0 Å². The first kappa shape index (κ1) is 15.6. The number of carbonyl (C=O) groups is 1. The number of rotatable bonds is 3. The van der Waals surface area contributed by atoms with Gasteiger partial charge in [0, 0.05) is 11.8 Å². The Bertz CT molecular complexity index is 1060. The Labute approximate surface area is 133 Å². The number of anilines is 1. The molecule has 2 N–H and O–H groups in total. The van der Waals surface area contributed by atoms with E-state index in [1.165, 1.54) is 12.1 Å². The van der Waals surface area contributed by atoms with E-state index in [1.54, 1.807) is 18.2 Å². The van der Waals surface area contributed by atoms with Crippen LogP contribution in [0.25, 0.3) is 10.9 Å². The Hall–Kier alpha value is -3.29. The van der Waals surface area contributed by atoms with Gasteiger partial charge in [0.05, 0.1) is 10.9 Å². The molecule has 0 fully saturated rings. The highest BCUT2D eigenvalue weighted by atomic mass is 19.2. The van der Waals surface area contributed by atoms with Crippen LogP contribution in [0.3, 0.4) is 0 Å². The molecule has 3 aromatic rings. The lowest BCUT2D eigenvalue weighted by Gasteiger charge is -2.08. The third kappa shape index (κ3) is 2.94. The molecule has 122 valence electrons. The van der Waals surface area contributed by atoms with Crippen molar-refractivity contribution >= 4 is 22.5 Å². The van der Waals surface area contributed by atoms with Gasteiger partial charge < -0.3 is 10.3 Å². The summed E-state index contributed by atoms with van der Waals surface area (Å²) in [6.45, 7) is -0.558. The molecular weight excluding hydrogens is 320 g/mol. The van der Waals surface area contributed by atoms with Crippen molar-refractivity contribution in [2.24, 2.45) is 0 Å². The van der Waals surface area contributed by atoms with Crippen LogP contribution in [0, 0.1) is 11.6 Å². The number of benzene rings is 2. The van der Waals surface area contributed by atoms with Crippen molar-refractivity contribution < 1.29 is 13.6 Å². The van der Waals surface area contributed by atoms with E-state index in [0.717, 1.165) is 16.7 Å². The molecular formula is C16H11F2N3O3. The van der Waals surface area contributed by atoms with Crippen LogP contribution in [0.1, 0.15) is 0 Å². The van der Waals surface area contributed by atoms with Crippen molar-refractivity contribution in [3.05, 3.63) is 74.9 Å². The van der Waals surface area contributed by atoms with Crippen molar-refractivity contribution in [3.63, 3.8) is 0 Å². The molecule has 24 heavy (non-hydrogen) atoms. The summed E-state index contributed by atoms with van der Waals surface area (Å²) in [5.74, 6) is -2.88. The summed E-state index contributed by atoms with van der Waals surface area (Å²) in [6, 6.07) is 9.23. The molecule has 1 aromatic heterocycles. The number of carbonyl (C=O) groups excluding carboxylic acids is 1. The Morgan fingerprint density at radius 3 is 2.58 bits per heavy atom. The highest BCUT2D eigenvalue weighted by Crippen LogP contribution is 2.13. The van der Waals surface area contributed by atoms with Crippen molar-refractivity contribution in [2.75, 3.05) is 5.32 Å². The molecule has 1 amide bonds. The van der Waals surface area contributed by atoms with Gasteiger partial charge in [-0.1, -0.05) is 12.1 Å². The third-order valence-electron chi connectivity index (χ3n) is 3.39. The summed E-state index contributed by atoms with van der Waals surface area (Å²) in [6.07, 6.45) is 0. The molecule has 0 saturated carbocycles. The van der Waals surface area contributed by atoms with Gasteiger partial charge >= 0.3 is 5.69 Å². The summed E-state index contributed by atoms with van der Waals surface area (Å²) in [4.78, 5) is 38.7. The fraction of sp³-hybridized carbons (Fsp3) is 0.0625. The minimum atomic E-state index is -1.12. The summed E-state index contributed by atoms with van der Waals surface area (Å²) < 4.78 is 26.7. The van der Waals surface area contributed by atoms with E-state index in [0.29, 0.717) is 5.52 Å².